The van der Waals surface area contributed by atoms with Crippen LogP contribution in [0.15, 0.2) is 0 Å². The van der Waals surface area contributed by atoms with Crippen molar-refractivity contribution in [3.8, 4) is 6.07 Å². The Labute approximate surface area is 235 Å². The summed E-state index contributed by atoms with van der Waals surface area (Å²) in [6.45, 7) is 11.2. The van der Waals surface area contributed by atoms with E-state index in [1.54, 1.807) is 20.8 Å². The number of hydrazine groups is 1. The molecule has 17 heteroatoms. The van der Waals surface area contributed by atoms with Gasteiger partial charge in [0.05, 0.1) is 28.5 Å². The first-order chi connectivity index (χ1) is 18.7. The number of nitrogens with two attached hydrogens (primary N) is 3. The quantitative estimate of drug-likeness (QED) is 0.166. The van der Waals surface area contributed by atoms with Crippen LogP contribution in [0.1, 0.15) is 73.8 Å². The van der Waals surface area contributed by atoms with Crippen LogP contribution in [0, 0.1) is 49.6 Å². The maximum atomic E-state index is 13.3. The number of aromatic amines is 2. The molecular weight excluding hydrogens is 552 g/mol. The molecule has 3 rings (SSSR count). The van der Waals surface area contributed by atoms with Crippen LogP contribution in [0.5, 0.6) is 0 Å². The number of alkyl halides is 1. The van der Waals surface area contributed by atoms with Gasteiger partial charge in [-0.1, -0.05) is 26.7 Å². The second kappa shape index (κ2) is 21.7. The van der Waals surface area contributed by atoms with Crippen molar-refractivity contribution >= 4 is 17.5 Å². The molecule has 3 heterocycles. The third-order valence-electron chi connectivity index (χ3n) is 4.66. The van der Waals surface area contributed by atoms with Gasteiger partial charge in [-0.15, -0.1) is 0 Å². The number of hydrogen-bond donors (Lipinski definition) is 5. The summed E-state index contributed by atoms with van der Waals surface area (Å²) >= 11 is 0. The predicted molar refractivity (Wildman–Crippen MR) is 145 cm³/mol. The first-order valence-electron chi connectivity index (χ1n) is 12.0. The second-order valence-electron chi connectivity index (χ2n) is 8.04. The predicted octanol–water partition coefficient (Wildman–Crippen LogP) is 2.62. The molecule has 0 aliphatic rings. The standard InChI is InChI=1S/C9H13FN2O.C7H11FN2.C4H6FN3.C4H4FNO.H4N2.H2O/c1-4-5-8-9(10)6(2)11-12(8)7(3)13;1-3-4-6-7(8)5(2)9-10-6;1-2-3(5)4(6)8-7-2;1-3(7)4(5)2-6;1-2;/h4-5H2,1-3H3;3-4H2,1-2H3,(H,9,10);1H3,(H3,6,7,8);4H,1H3;1-2H2;1H2. The number of aryl methyl sites for hydroxylation is 4. The Morgan fingerprint density at radius 3 is 1.71 bits per heavy atom. The molecule has 3 aromatic rings. The lowest BCUT2D eigenvalue weighted by atomic mass is 10.2. The van der Waals surface area contributed by atoms with Crippen molar-refractivity contribution in [1.29, 1.82) is 5.26 Å². The summed E-state index contributed by atoms with van der Waals surface area (Å²) in [5, 5.41) is 23.7. The van der Waals surface area contributed by atoms with Crippen LogP contribution in [-0.2, 0) is 17.6 Å². The van der Waals surface area contributed by atoms with Crippen LogP contribution in [0.2, 0.25) is 0 Å². The van der Waals surface area contributed by atoms with E-state index < -0.39 is 17.8 Å². The summed E-state index contributed by atoms with van der Waals surface area (Å²) in [4.78, 5) is 20.8. The molecule has 0 saturated carbocycles. The number of carbonyl (C=O) groups is 2. The van der Waals surface area contributed by atoms with Crippen LogP contribution < -0.4 is 17.4 Å². The maximum absolute atomic E-state index is 13.3. The van der Waals surface area contributed by atoms with Crippen LogP contribution in [-0.4, -0.2) is 53.5 Å². The van der Waals surface area contributed by atoms with E-state index in [1.165, 1.54) is 6.92 Å². The van der Waals surface area contributed by atoms with Crippen molar-refractivity contribution in [2.45, 2.75) is 80.3 Å². The van der Waals surface area contributed by atoms with Gasteiger partial charge in [-0.3, -0.25) is 31.5 Å². The highest BCUT2D eigenvalue weighted by Crippen LogP contribution is 2.13. The number of hydrogen-bond acceptors (Lipinski definition) is 9. The summed E-state index contributed by atoms with van der Waals surface area (Å²) in [7, 11) is 0. The Kier molecular flexibility index (Phi) is 21.8. The Morgan fingerprint density at radius 1 is 0.951 bits per heavy atom. The highest BCUT2D eigenvalue weighted by Gasteiger charge is 2.16. The summed E-state index contributed by atoms with van der Waals surface area (Å²) in [6.07, 6.45) is 1.07. The average Bonchev–Trinajstić information content (AvgIpc) is 3.52. The van der Waals surface area contributed by atoms with E-state index in [2.05, 4.69) is 37.2 Å². The van der Waals surface area contributed by atoms with Gasteiger partial charge in [0.1, 0.15) is 6.07 Å². The molecule has 0 aliphatic carbocycles. The van der Waals surface area contributed by atoms with Crippen molar-refractivity contribution in [3.63, 3.8) is 0 Å². The molecule has 41 heavy (non-hydrogen) atoms. The van der Waals surface area contributed by atoms with E-state index in [0.717, 1.165) is 36.9 Å². The fraction of sp³-hybridized carbons (Fsp3) is 0.500. The van der Waals surface area contributed by atoms with Crippen molar-refractivity contribution in [2.24, 2.45) is 11.7 Å². The molecule has 0 saturated heterocycles. The summed E-state index contributed by atoms with van der Waals surface area (Å²) in [5.74, 6) is 5.98. The minimum Gasteiger partial charge on any atom is -0.412 e. The summed E-state index contributed by atoms with van der Waals surface area (Å²) in [5.41, 5.74) is 7.17. The Balaban J connectivity index is -0.000000468. The number of ketones is 1. The molecular formula is C24H40F4N10O3. The smallest absolute Gasteiger partial charge is 0.244 e. The Morgan fingerprint density at radius 2 is 1.44 bits per heavy atom. The zero-order valence-corrected chi connectivity index (χ0v) is 24.2. The van der Waals surface area contributed by atoms with Crippen LogP contribution in [0.4, 0.5) is 23.4 Å². The Bertz CT molecular complexity index is 1220. The van der Waals surface area contributed by atoms with E-state index in [1.807, 2.05) is 13.8 Å². The minimum absolute atomic E-state index is 0. The van der Waals surface area contributed by atoms with Gasteiger partial charge in [-0.25, -0.2) is 22.2 Å². The molecule has 0 spiro atoms. The zero-order chi connectivity index (χ0) is 31.6. The average molecular weight is 593 g/mol. The molecule has 3 aromatic heterocycles. The van der Waals surface area contributed by atoms with E-state index in [9.17, 15) is 27.2 Å². The van der Waals surface area contributed by atoms with Crippen LogP contribution >= 0.6 is 0 Å². The molecule has 0 radical (unpaired) electrons. The van der Waals surface area contributed by atoms with Crippen molar-refractivity contribution in [2.75, 3.05) is 5.73 Å². The number of Topliss-reactive ketones (excluding diaryl/α,β-unsaturated/α-hetero) is 1. The van der Waals surface area contributed by atoms with Gasteiger partial charge in [-0.2, -0.15) is 20.6 Å². The maximum Gasteiger partial charge on any atom is 0.244 e. The SMILES string of the molecule is CC(=O)C(F)C#N.CCCc1c(F)c(C)nn1C(C)=O.CCCc1n[nH]c(C)c1F.Cc1[nH]nc(N)c1F.NN.O. The number of nitriles is 1. The largest absolute Gasteiger partial charge is 0.412 e. The van der Waals surface area contributed by atoms with Crippen LogP contribution in [0.3, 0.4) is 0 Å². The number of carbonyl (C=O) groups excluding carboxylic acids is 2. The minimum atomic E-state index is -1.93. The number of anilines is 1. The lowest BCUT2D eigenvalue weighted by Crippen LogP contribution is -2.12. The van der Waals surface area contributed by atoms with Crippen molar-refractivity contribution in [1.82, 2.24) is 30.2 Å². The van der Waals surface area contributed by atoms with E-state index >= 15 is 0 Å². The van der Waals surface area contributed by atoms with E-state index in [-0.39, 0.29) is 28.8 Å². The third kappa shape index (κ3) is 14.2. The van der Waals surface area contributed by atoms with Gasteiger partial charge >= 0.3 is 0 Å². The van der Waals surface area contributed by atoms with E-state index in [4.69, 9.17) is 11.0 Å². The first kappa shape index (κ1) is 41.3. The number of H-pyrrole nitrogens is 2. The molecule has 232 valence electrons. The van der Waals surface area contributed by atoms with Gasteiger partial charge in [0.25, 0.3) is 0 Å². The number of nitrogen functional groups attached to an aromatic ring is 1. The normalized spacial score (nSPS) is 9.95. The van der Waals surface area contributed by atoms with E-state index in [0.29, 0.717) is 34.9 Å². The fourth-order valence-electron chi connectivity index (χ4n) is 2.66. The van der Waals surface area contributed by atoms with Gasteiger partial charge in [0.15, 0.2) is 29.1 Å². The second-order valence-corrected chi connectivity index (χ2v) is 8.04. The first-order valence-corrected chi connectivity index (χ1v) is 12.0. The molecule has 1 unspecified atom stereocenters. The third-order valence-corrected chi connectivity index (χ3v) is 4.66. The molecule has 10 N–H and O–H groups in total. The van der Waals surface area contributed by atoms with Gasteiger partial charge in [-0.05, 0) is 40.5 Å². The number of rotatable bonds is 5. The molecule has 0 aromatic carbocycles. The summed E-state index contributed by atoms with van der Waals surface area (Å²) < 4.78 is 51.2. The number of nitrogens with zero attached hydrogens (tertiary/aromatic N) is 5. The molecule has 0 bridgehead atoms. The number of halogens is 4. The monoisotopic (exact) mass is 592 g/mol. The number of nitrogens with one attached hydrogen (secondary N) is 2. The topological polar surface area (TPSA) is 243 Å². The van der Waals surface area contributed by atoms with Gasteiger partial charge < -0.3 is 11.2 Å². The van der Waals surface area contributed by atoms with Gasteiger partial charge in [0.2, 0.25) is 12.1 Å². The van der Waals surface area contributed by atoms with Crippen molar-refractivity contribution < 1.29 is 32.6 Å². The molecule has 0 amide bonds. The highest BCUT2D eigenvalue weighted by molar-refractivity contribution is 5.82. The molecule has 1 atom stereocenters. The molecule has 0 fully saturated rings. The van der Waals surface area contributed by atoms with Crippen molar-refractivity contribution in [3.05, 3.63) is 45.9 Å². The Hall–Kier alpha value is -4.14. The molecule has 0 aliphatic heterocycles. The summed E-state index contributed by atoms with van der Waals surface area (Å²) in [6, 6.07) is 1.15. The highest BCUT2D eigenvalue weighted by atomic mass is 19.1. The molecule has 13 nitrogen and oxygen atoms in total. The van der Waals surface area contributed by atoms with Gasteiger partial charge in [0, 0.05) is 6.92 Å². The fourth-order valence-corrected chi connectivity index (χ4v) is 2.66. The lowest BCUT2D eigenvalue weighted by molar-refractivity contribution is -0.119. The van der Waals surface area contributed by atoms with Crippen LogP contribution in [0.25, 0.3) is 0 Å². The zero-order valence-electron chi connectivity index (χ0n) is 24.2. The number of aromatic nitrogens is 6. The lowest BCUT2D eigenvalue weighted by Gasteiger charge is -2.00.